The summed E-state index contributed by atoms with van der Waals surface area (Å²) in [5, 5.41) is 8.91. The van der Waals surface area contributed by atoms with E-state index in [4.69, 9.17) is 5.26 Å². The van der Waals surface area contributed by atoms with Gasteiger partial charge in [0.2, 0.25) is 5.91 Å². The zero-order valence-electron chi connectivity index (χ0n) is 16.5. The lowest BCUT2D eigenvalue weighted by Crippen LogP contribution is -2.33. The van der Waals surface area contributed by atoms with Crippen LogP contribution in [0.5, 0.6) is 0 Å². The lowest BCUT2D eigenvalue weighted by Gasteiger charge is -2.28. The number of hydrogen-bond donors (Lipinski definition) is 0. The Morgan fingerprint density at radius 1 is 1.04 bits per heavy atom. The summed E-state index contributed by atoms with van der Waals surface area (Å²) in [7, 11) is 0. The molecule has 140 valence electrons. The molecule has 0 heterocycles. The molecule has 0 bridgehead atoms. The number of nitriles is 1. The number of hydrogen-bond acceptors (Lipinski definition) is 3. The second-order valence-corrected chi connectivity index (χ2v) is 6.81. The molecule has 2 rings (SSSR count). The van der Waals surface area contributed by atoms with Crippen LogP contribution < -0.4 is 0 Å². The zero-order chi connectivity index (χ0) is 20.0. The van der Waals surface area contributed by atoms with E-state index in [9.17, 15) is 9.59 Å². The normalized spacial score (nSPS) is 11.5. The molecular weight excluding hydrogens is 336 g/mol. The minimum absolute atomic E-state index is 0.00599. The highest BCUT2D eigenvalue weighted by molar-refractivity contribution is 5.98. The third-order valence-electron chi connectivity index (χ3n) is 5.05. The van der Waals surface area contributed by atoms with Gasteiger partial charge in [-0.05, 0) is 62.6 Å². The lowest BCUT2D eigenvalue weighted by molar-refractivity contribution is -0.133. The van der Waals surface area contributed by atoms with E-state index < -0.39 is 0 Å². The van der Waals surface area contributed by atoms with Gasteiger partial charge in [0.05, 0.1) is 17.7 Å². The van der Waals surface area contributed by atoms with E-state index in [0.29, 0.717) is 17.7 Å². The van der Waals surface area contributed by atoms with Crippen molar-refractivity contribution in [1.29, 1.82) is 5.26 Å². The average molecular weight is 362 g/mol. The highest BCUT2D eigenvalue weighted by Crippen LogP contribution is 2.22. The van der Waals surface area contributed by atoms with Crippen LogP contribution in [0.1, 0.15) is 65.3 Å². The van der Waals surface area contributed by atoms with Crippen LogP contribution in [0, 0.1) is 25.2 Å². The standard InChI is InChI=1S/C23H26N2O2/c1-5-25(18(4)20-10-7-19(15-24)8-11-20)23(27)13-12-22(26)21-9-6-16(2)17(3)14-21/h6-11,14,18H,5,12-13H2,1-4H3. The van der Waals surface area contributed by atoms with Crippen molar-refractivity contribution in [3.63, 3.8) is 0 Å². The number of benzene rings is 2. The fourth-order valence-electron chi connectivity index (χ4n) is 3.11. The first kappa shape index (κ1) is 20.4. The monoisotopic (exact) mass is 362 g/mol. The molecule has 1 amide bonds. The van der Waals surface area contributed by atoms with Crippen LogP contribution in [0.25, 0.3) is 0 Å². The summed E-state index contributed by atoms with van der Waals surface area (Å²) >= 11 is 0. The van der Waals surface area contributed by atoms with Gasteiger partial charge in [0.1, 0.15) is 0 Å². The van der Waals surface area contributed by atoms with Gasteiger partial charge in [-0.3, -0.25) is 9.59 Å². The highest BCUT2D eigenvalue weighted by Gasteiger charge is 2.21. The number of nitrogens with zero attached hydrogens (tertiary/aromatic N) is 2. The van der Waals surface area contributed by atoms with Crippen molar-refractivity contribution >= 4 is 11.7 Å². The molecule has 0 radical (unpaired) electrons. The smallest absolute Gasteiger partial charge is 0.223 e. The topological polar surface area (TPSA) is 61.2 Å². The van der Waals surface area contributed by atoms with Gasteiger partial charge in [-0.25, -0.2) is 0 Å². The number of amides is 1. The number of ketones is 1. The van der Waals surface area contributed by atoms with Gasteiger partial charge in [0.25, 0.3) is 0 Å². The van der Waals surface area contributed by atoms with Crippen LogP contribution in [-0.2, 0) is 4.79 Å². The van der Waals surface area contributed by atoms with Crippen molar-refractivity contribution in [2.75, 3.05) is 6.54 Å². The highest BCUT2D eigenvalue weighted by atomic mass is 16.2. The van der Waals surface area contributed by atoms with Crippen molar-refractivity contribution in [2.45, 2.75) is 46.6 Å². The molecule has 0 fully saturated rings. The lowest BCUT2D eigenvalue weighted by atomic mass is 10.0. The quantitative estimate of drug-likeness (QED) is 0.668. The molecule has 2 aromatic carbocycles. The van der Waals surface area contributed by atoms with Crippen molar-refractivity contribution in [3.8, 4) is 6.07 Å². The molecule has 4 heteroatoms. The molecule has 4 nitrogen and oxygen atoms in total. The van der Waals surface area contributed by atoms with E-state index in [1.807, 2.05) is 58.0 Å². The Kier molecular flexibility index (Phi) is 6.90. The predicted octanol–water partition coefficient (Wildman–Crippen LogP) is 4.75. The summed E-state index contributed by atoms with van der Waals surface area (Å²) in [6, 6.07) is 14.9. The molecule has 27 heavy (non-hydrogen) atoms. The van der Waals surface area contributed by atoms with Crippen LogP contribution in [0.2, 0.25) is 0 Å². The maximum absolute atomic E-state index is 12.7. The number of rotatable bonds is 7. The van der Waals surface area contributed by atoms with Crippen LogP contribution in [0.15, 0.2) is 42.5 Å². The van der Waals surface area contributed by atoms with Crippen molar-refractivity contribution in [1.82, 2.24) is 4.90 Å². The Bertz CT molecular complexity index is 863. The van der Waals surface area contributed by atoms with Crippen LogP contribution in [-0.4, -0.2) is 23.1 Å². The van der Waals surface area contributed by atoms with Crippen LogP contribution in [0.3, 0.4) is 0 Å². The molecule has 0 N–H and O–H groups in total. The number of aryl methyl sites for hydroxylation is 2. The Balaban J connectivity index is 2.02. The third kappa shape index (κ3) is 5.04. The summed E-state index contributed by atoms with van der Waals surface area (Å²) in [5.74, 6) is -0.0416. The minimum atomic E-state index is -0.105. The largest absolute Gasteiger partial charge is 0.336 e. The van der Waals surface area contributed by atoms with Gasteiger partial charge in [-0.15, -0.1) is 0 Å². The fourth-order valence-corrected chi connectivity index (χ4v) is 3.11. The molecule has 0 aromatic heterocycles. The average Bonchev–Trinajstić information content (AvgIpc) is 2.68. The zero-order valence-corrected chi connectivity index (χ0v) is 16.5. The Morgan fingerprint density at radius 3 is 2.26 bits per heavy atom. The number of Topliss-reactive ketones (excluding diaryl/α,β-unsaturated/α-hetero) is 1. The molecular formula is C23H26N2O2. The van der Waals surface area contributed by atoms with Gasteiger partial charge in [-0.1, -0.05) is 24.3 Å². The van der Waals surface area contributed by atoms with E-state index in [-0.39, 0.29) is 30.6 Å². The van der Waals surface area contributed by atoms with Gasteiger partial charge < -0.3 is 4.90 Å². The van der Waals surface area contributed by atoms with Gasteiger partial charge in [0, 0.05) is 24.9 Å². The molecule has 0 aliphatic heterocycles. The molecule has 0 aliphatic carbocycles. The second-order valence-electron chi connectivity index (χ2n) is 6.81. The molecule has 0 saturated heterocycles. The molecule has 1 unspecified atom stereocenters. The Labute approximate surface area is 161 Å². The van der Waals surface area contributed by atoms with Crippen LogP contribution in [0.4, 0.5) is 0 Å². The van der Waals surface area contributed by atoms with Crippen LogP contribution >= 0.6 is 0 Å². The van der Waals surface area contributed by atoms with E-state index >= 15 is 0 Å². The Morgan fingerprint density at radius 2 is 1.70 bits per heavy atom. The van der Waals surface area contributed by atoms with E-state index in [0.717, 1.165) is 16.7 Å². The molecule has 0 aliphatic rings. The first-order chi connectivity index (χ1) is 12.9. The molecule has 1 atom stereocenters. The predicted molar refractivity (Wildman–Crippen MR) is 106 cm³/mol. The van der Waals surface area contributed by atoms with Crippen molar-refractivity contribution < 1.29 is 9.59 Å². The number of carbonyl (C=O) groups excluding carboxylic acids is 2. The first-order valence-corrected chi connectivity index (χ1v) is 9.27. The first-order valence-electron chi connectivity index (χ1n) is 9.27. The minimum Gasteiger partial charge on any atom is -0.336 e. The van der Waals surface area contributed by atoms with E-state index in [1.54, 1.807) is 17.0 Å². The molecule has 0 saturated carbocycles. The van der Waals surface area contributed by atoms with Gasteiger partial charge in [-0.2, -0.15) is 5.26 Å². The third-order valence-corrected chi connectivity index (χ3v) is 5.05. The maximum atomic E-state index is 12.7. The summed E-state index contributed by atoms with van der Waals surface area (Å²) in [4.78, 5) is 26.9. The molecule has 2 aromatic rings. The fraction of sp³-hybridized carbons (Fsp3) is 0.348. The van der Waals surface area contributed by atoms with E-state index in [1.165, 1.54) is 0 Å². The van der Waals surface area contributed by atoms with Crippen molar-refractivity contribution in [3.05, 3.63) is 70.3 Å². The maximum Gasteiger partial charge on any atom is 0.223 e. The summed E-state index contributed by atoms with van der Waals surface area (Å²) in [5.41, 5.74) is 4.46. The summed E-state index contributed by atoms with van der Waals surface area (Å²) in [6.07, 6.45) is 0.401. The van der Waals surface area contributed by atoms with Crippen molar-refractivity contribution in [2.24, 2.45) is 0 Å². The SMILES string of the molecule is CCN(C(=O)CCC(=O)c1ccc(C)c(C)c1)C(C)c1ccc(C#N)cc1. The molecule has 0 spiro atoms. The van der Waals surface area contributed by atoms with E-state index in [2.05, 4.69) is 6.07 Å². The van der Waals surface area contributed by atoms with Gasteiger partial charge in [0.15, 0.2) is 5.78 Å². The van der Waals surface area contributed by atoms with Gasteiger partial charge >= 0.3 is 0 Å². The second kappa shape index (κ2) is 9.14. The summed E-state index contributed by atoms with van der Waals surface area (Å²) in [6.45, 7) is 8.46. The Hall–Kier alpha value is -2.93. The summed E-state index contributed by atoms with van der Waals surface area (Å²) < 4.78 is 0. The number of carbonyl (C=O) groups is 2.